The molecule has 13 heteroatoms. The minimum absolute atomic E-state index is 0.0510. The number of aromatic nitrogens is 5. The van der Waals surface area contributed by atoms with Crippen molar-refractivity contribution in [1.29, 1.82) is 0 Å². The Bertz CT molecular complexity index is 1280. The van der Waals surface area contributed by atoms with E-state index in [0.29, 0.717) is 0 Å². The first-order valence-electron chi connectivity index (χ1n) is 7.51. The molecule has 3 aromatic rings. The fourth-order valence-electron chi connectivity index (χ4n) is 2.00. The summed E-state index contributed by atoms with van der Waals surface area (Å²) in [6.45, 7) is 0. The molecule has 0 saturated carbocycles. The van der Waals surface area contributed by atoms with Crippen molar-refractivity contribution in [3.05, 3.63) is 53.1 Å². The van der Waals surface area contributed by atoms with Gasteiger partial charge >= 0.3 is 5.97 Å². The number of aromatic amines is 1. The van der Waals surface area contributed by atoms with Gasteiger partial charge in [0.1, 0.15) is 17.3 Å². The molecule has 29 heavy (non-hydrogen) atoms. The van der Waals surface area contributed by atoms with Gasteiger partial charge in [-0.05, 0) is 18.1 Å². The zero-order chi connectivity index (χ0) is 21.2. The van der Waals surface area contributed by atoms with Crippen LogP contribution >= 0.6 is 0 Å². The number of benzene rings is 1. The average molecular weight is 421 g/mol. The topological polar surface area (TPSA) is 148 Å². The van der Waals surface area contributed by atoms with Gasteiger partial charge in [-0.1, -0.05) is 11.1 Å². The van der Waals surface area contributed by atoms with Crippen molar-refractivity contribution in [3.63, 3.8) is 0 Å². The number of H-pyrrole nitrogens is 1. The smallest absolute Gasteiger partial charge is 0.362 e. The van der Waals surface area contributed by atoms with Crippen molar-refractivity contribution in [1.82, 2.24) is 25.4 Å². The Morgan fingerprint density at radius 3 is 2.66 bits per heavy atom. The summed E-state index contributed by atoms with van der Waals surface area (Å²) in [5.74, 6) is 0.921. The Morgan fingerprint density at radius 1 is 1.28 bits per heavy atom. The number of nitrogens with zero attached hydrogens (tertiary/aromatic N) is 4. The van der Waals surface area contributed by atoms with Gasteiger partial charge in [0.05, 0.1) is 11.8 Å². The Kier molecular flexibility index (Phi) is 5.20. The lowest BCUT2D eigenvalue weighted by atomic mass is 10.2. The molecule has 0 radical (unpaired) electrons. The van der Waals surface area contributed by atoms with Crippen LogP contribution < -0.4 is 4.74 Å². The molecule has 2 N–H and O–H groups in total. The number of hydrogen-bond acceptors (Lipinski definition) is 8. The largest absolute Gasteiger partial charge is 0.476 e. The van der Waals surface area contributed by atoms with Crippen LogP contribution in [0.1, 0.15) is 21.7 Å². The van der Waals surface area contributed by atoms with E-state index in [1.807, 2.05) is 0 Å². The van der Waals surface area contributed by atoms with Crippen molar-refractivity contribution in [2.75, 3.05) is 6.26 Å². The second-order valence-electron chi connectivity index (χ2n) is 5.41. The normalized spacial score (nSPS) is 10.9. The number of hydrogen-bond donors (Lipinski definition) is 2. The third-order valence-electron chi connectivity index (χ3n) is 3.26. The van der Waals surface area contributed by atoms with E-state index in [1.165, 1.54) is 12.1 Å². The molecule has 0 spiro atoms. The summed E-state index contributed by atoms with van der Waals surface area (Å²) in [5.41, 5.74) is -0.787. The molecule has 0 fully saturated rings. The molecule has 3 rings (SSSR count). The highest BCUT2D eigenvalue weighted by atomic mass is 32.2. The van der Waals surface area contributed by atoms with Gasteiger partial charge in [-0.2, -0.15) is 4.39 Å². The molecule has 2 aromatic heterocycles. The van der Waals surface area contributed by atoms with Crippen LogP contribution in [0.5, 0.6) is 11.6 Å². The number of ether oxygens (including phenoxy) is 1. The maximum Gasteiger partial charge on any atom is 0.362 e. The Labute approximate surface area is 161 Å². The average Bonchev–Trinajstić information content (AvgIpc) is 3.08. The summed E-state index contributed by atoms with van der Waals surface area (Å²) in [4.78, 5) is 17.8. The van der Waals surface area contributed by atoms with Crippen LogP contribution in [-0.2, 0) is 9.84 Å². The lowest BCUT2D eigenvalue weighted by Crippen LogP contribution is -2.06. The van der Waals surface area contributed by atoms with E-state index in [0.717, 1.165) is 18.5 Å². The lowest BCUT2D eigenvalue weighted by molar-refractivity contribution is 0.0687. The molecule has 0 unspecified atom stereocenters. The molecule has 0 atom stereocenters. The standard InChI is InChI=1S/C16H9F2N5O5S/c1-29(26,27)15-13(18)20-9(7-19-15)4-2-8-3-5-10(6-11(8)17)28-14-12(16(24)25)21-23-22-14/h3,5-7H,1H3,(H,24,25)(H,21,22,23). The zero-order valence-corrected chi connectivity index (χ0v) is 15.2. The number of nitrogens with one attached hydrogen (secondary N) is 1. The first-order valence-corrected chi connectivity index (χ1v) is 9.40. The van der Waals surface area contributed by atoms with Crippen LogP contribution in [-0.4, -0.2) is 51.1 Å². The fourth-order valence-corrected chi connectivity index (χ4v) is 2.60. The van der Waals surface area contributed by atoms with E-state index >= 15 is 0 Å². The maximum absolute atomic E-state index is 14.2. The number of rotatable bonds is 4. The van der Waals surface area contributed by atoms with Gasteiger partial charge in [0, 0.05) is 12.3 Å². The van der Waals surface area contributed by atoms with Crippen molar-refractivity contribution in [2.45, 2.75) is 5.03 Å². The first-order chi connectivity index (χ1) is 13.6. The van der Waals surface area contributed by atoms with Crippen LogP contribution in [0.2, 0.25) is 0 Å². The third-order valence-corrected chi connectivity index (χ3v) is 4.23. The highest BCUT2D eigenvalue weighted by Crippen LogP contribution is 2.23. The van der Waals surface area contributed by atoms with Crippen molar-refractivity contribution in [3.8, 4) is 23.5 Å². The number of aromatic carboxylic acids is 1. The highest BCUT2D eigenvalue weighted by Gasteiger charge is 2.18. The van der Waals surface area contributed by atoms with Gasteiger partial charge in [-0.25, -0.2) is 32.7 Å². The second kappa shape index (κ2) is 7.60. The predicted molar refractivity (Wildman–Crippen MR) is 90.9 cm³/mol. The number of halogens is 2. The molecule has 0 amide bonds. The molecule has 2 heterocycles. The number of carboxylic acid groups (broad SMARTS) is 1. The highest BCUT2D eigenvalue weighted by molar-refractivity contribution is 7.90. The van der Waals surface area contributed by atoms with Crippen LogP contribution in [0.15, 0.2) is 29.4 Å². The first kappa shape index (κ1) is 19.8. The summed E-state index contributed by atoms with van der Waals surface area (Å²) >= 11 is 0. The Balaban J connectivity index is 1.83. The van der Waals surface area contributed by atoms with E-state index in [4.69, 9.17) is 9.84 Å². The summed E-state index contributed by atoms with van der Waals surface area (Å²) in [6.07, 6.45) is 1.73. The van der Waals surface area contributed by atoms with Gasteiger partial charge in [-0.15, -0.1) is 5.10 Å². The fraction of sp³-hybridized carbons (Fsp3) is 0.0625. The Morgan fingerprint density at radius 2 is 2.03 bits per heavy atom. The predicted octanol–water partition coefficient (Wildman–Crippen LogP) is 1.17. The third kappa shape index (κ3) is 4.50. The van der Waals surface area contributed by atoms with E-state index in [-0.39, 0.29) is 22.9 Å². The zero-order valence-electron chi connectivity index (χ0n) is 14.3. The molecular formula is C16H9F2N5O5S. The van der Waals surface area contributed by atoms with Crippen LogP contribution in [0.4, 0.5) is 8.78 Å². The molecule has 0 aliphatic rings. The van der Waals surface area contributed by atoms with Gasteiger partial charge in [0.15, 0.2) is 9.84 Å². The van der Waals surface area contributed by atoms with E-state index < -0.39 is 38.3 Å². The quantitative estimate of drug-likeness (QED) is 0.592. The molecule has 0 bridgehead atoms. The van der Waals surface area contributed by atoms with Crippen molar-refractivity contribution in [2.24, 2.45) is 0 Å². The van der Waals surface area contributed by atoms with Gasteiger partial charge in [0.25, 0.3) is 11.8 Å². The van der Waals surface area contributed by atoms with Gasteiger partial charge < -0.3 is 9.84 Å². The monoisotopic (exact) mass is 421 g/mol. The van der Waals surface area contributed by atoms with E-state index in [9.17, 15) is 22.0 Å². The Hall–Kier alpha value is -3.92. The lowest BCUT2D eigenvalue weighted by Gasteiger charge is -2.04. The SMILES string of the molecule is CS(=O)(=O)c1ncc(C#Cc2ccc(Oc3[nH]nnc3C(=O)O)cc2F)nc1F. The van der Waals surface area contributed by atoms with Gasteiger partial charge in [-0.3, -0.25) is 0 Å². The minimum Gasteiger partial charge on any atom is -0.476 e. The maximum atomic E-state index is 14.2. The van der Waals surface area contributed by atoms with E-state index in [2.05, 4.69) is 37.2 Å². The molecule has 1 aromatic carbocycles. The summed E-state index contributed by atoms with van der Waals surface area (Å²) < 4.78 is 55.7. The minimum atomic E-state index is -3.88. The molecule has 10 nitrogen and oxygen atoms in total. The van der Waals surface area contributed by atoms with Crippen LogP contribution in [0.3, 0.4) is 0 Å². The van der Waals surface area contributed by atoms with Gasteiger partial charge in [0.2, 0.25) is 10.7 Å². The summed E-state index contributed by atoms with van der Waals surface area (Å²) in [6, 6.07) is 3.48. The molecule has 0 saturated heterocycles. The van der Waals surface area contributed by atoms with Crippen molar-refractivity contribution < 1.29 is 31.8 Å². The molecular weight excluding hydrogens is 412 g/mol. The summed E-state index contributed by atoms with van der Waals surface area (Å²) in [5, 5.41) is 16.9. The van der Waals surface area contributed by atoms with Crippen molar-refractivity contribution >= 4 is 15.8 Å². The second-order valence-corrected chi connectivity index (χ2v) is 7.34. The molecule has 0 aliphatic carbocycles. The van der Waals surface area contributed by atoms with Crippen LogP contribution in [0, 0.1) is 23.6 Å². The number of carbonyl (C=O) groups is 1. The number of sulfone groups is 1. The molecule has 0 aliphatic heterocycles. The molecule has 148 valence electrons. The summed E-state index contributed by atoms with van der Waals surface area (Å²) in [7, 11) is -3.88. The van der Waals surface area contributed by atoms with E-state index in [1.54, 1.807) is 0 Å². The number of carboxylic acids is 1. The van der Waals surface area contributed by atoms with Crippen LogP contribution in [0.25, 0.3) is 0 Å².